The van der Waals surface area contributed by atoms with Gasteiger partial charge in [-0.2, -0.15) is 18.2 Å². The van der Waals surface area contributed by atoms with Crippen molar-refractivity contribution in [1.82, 2.24) is 5.32 Å². The molecule has 1 aliphatic heterocycles. The van der Waals surface area contributed by atoms with Crippen LogP contribution in [0.2, 0.25) is 0 Å². The van der Waals surface area contributed by atoms with E-state index in [9.17, 15) is 18.0 Å². The van der Waals surface area contributed by atoms with E-state index >= 15 is 0 Å². The highest BCUT2D eigenvalue weighted by molar-refractivity contribution is 5.93. The highest BCUT2D eigenvalue weighted by Crippen LogP contribution is 2.39. The SMILES string of the molecule is O=C(NC1=Nc2c(cccc2C(F)(F)F)CO1)OCCOCc1ccccc1. The second-order valence-corrected chi connectivity index (χ2v) is 5.82. The van der Waals surface area contributed by atoms with Crippen molar-refractivity contribution in [3.8, 4) is 0 Å². The van der Waals surface area contributed by atoms with Gasteiger partial charge in [0.25, 0.3) is 6.02 Å². The summed E-state index contributed by atoms with van der Waals surface area (Å²) in [5.41, 5.74) is 0.0946. The highest BCUT2D eigenvalue weighted by atomic mass is 19.4. The van der Waals surface area contributed by atoms with Gasteiger partial charge in [0.1, 0.15) is 13.2 Å². The van der Waals surface area contributed by atoms with E-state index in [1.165, 1.54) is 12.1 Å². The van der Waals surface area contributed by atoms with Gasteiger partial charge in [0.2, 0.25) is 0 Å². The standard InChI is InChI=1S/C19H17F3N2O4/c20-19(21,22)15-8-4-7-14-12-28-17(23-16(14)15)24-18(25)27-10-9-26-11-13-5-2-1-3-6-13/h1-8H,9-12H2,(H,23,24,25). The first-order chi connectivity index (χ1) is 13.4. The van der Waals surface area contributed by atoms with Gasteiger partial charge in [0, 0.05) is 5.56 Å². The minimum atomic E-state index is -4.56. The van der Waals surface area contributed by atoms with Crippen LogP contribution in [0.1, 0.15) is 16.7 Å². The van der Waals surface area contributed by atoms with Gasteiger partial charge in [-0.05, 0) is 11.6 Å². The Morgan fingerprint density at radius 3 is 2.64 bits per heavy atom. The van der Waals surface area contributed by atoms with Crippen LogP contribution in [-0.2, 0) is 33.6 Å². The summed E-state index contributed by atoms with van der Waals surface area (Å²) in [4.78, 5) is 15.5. The molecule has 148 valence electrons. The minimum Gasteiger partial charge on any atom is -0.460 e. The number of rotatable bonds is 5. The number of fused-ring (bicyclic) bond motifs is 1. The maximum absolute atomic E-state index is 13.1. The number of ether oxygens (including phenoxy) is 3. The summed E-state index contributed by atoms with van der Waals surface area (Å²) in [6, 6.07) is 12.8. The Labute approximate surface area is 158 Å². The number of carbonyl (C=O) groups excluding carboxylic acids is 1. The third kappa shape index (κ3) is 5.23. The van der Waals surface area contributed by atoms with Crippen molar-refractivity contribution in [2.24, 2.45) is 4.99 Å². The van der Waals surface area contributed by atoms with Gasteiger partial charge in [0.05, 0.1) is 24.5 Å². The number of hydrogen-bond acceptors (Lipinski definition) is 5. The molecule has 28 heavy (non-hydrogen) atoms. The summed E-state index contributed by atoms with van der Waals surface area (Å²) in [6.07, 6.45) is -5.46. The van der Waals surface area contributed by atoms with Crippen LogP contribution in [0.4, 0.5) is 23.7 Å². The Morgan fingerprint density at radius 1 is 1.11 bits per heavy atom. The van der Waals surface area contributed by atoms with Crippen LogP contribution < -0.4 is 5.32 Å². The van der Waals surface area contributed by atoms with Crippen LogP contribution in [0.25, 0.3) is 0 Å². The molecule has 9 heteroatoms. The highest BCUT2D eigenvalue weighted by Gasteiger charge is 2.35. The van der Waals surface area contributed by atoms with Gasteiger partial charge in [-0.25, -0.2) is 10.1 Å². The molecule has 0 aromatic heterocycles. The smallest absolute Gasteiger partial charge is 0.418 e. The summed E-state index contributed by atoms with van der Waals surface area (Å²) in [5.74, 6) is 0. The number of carbonyl (C=O) groups is 1. The fourth-order valence-corrected chi connectivity index (χ4v) is 2.49. The van der Waals surface area contributed by atoms with Crippen molar-refractivity contribution in [2.45, 2.75) is 19.4 Å². The van der Waals surface area contributed by atoms with E-state index < -0.39 is 17.8 Å². The van der Waals surface area contributed by atoms with Crippen molar-refractivity contribution in [1.29, 1.82) is 0 Å². The molecule has 2 aromatic rings. The first kappa shape index (κ1) is 19.7. The molecule has 0 saturated heterocycles. The Bertz CT molecular complexity index is 854. The first-order valence-corrected chi connectivity index (χ1v) is 8.39. The number of hydrogen-bond donors (Lipinski definition) is 1. The van der Waals surface area contributed by atoms with E-state index in [0.717, 1.165) is 11.6 Å². The minimum absolute atomic E-state index is 0.0314. The number of amidine groups is 1. The molecule has 0 aliphatic carbocycles. The van der Waals surface area contributed by atoms with Crippen molar-refractivity contribution in [2.75, 3.05) is 13.2 Å². The molecule has 2 aromatic carbocycles. The van der Waals surface area contributed by atoms with Crippen LogP contribution in [0.15, 0.2) is 53.5 Å². The van der Waals surface area contributed by atoms with Gasteiger partial charge in [-0.15, -0.1) is 0 Å². The molecule has 1 aliphatic rings. The van der Waals surface area contributed by atoms with E-state index in [2.05, 4.69) is 10.3 Å². The molecule has 0 radical (unpaired) electrons. The summed E-state index contributed by atoms with van der Waals surface area (Å²) < 4.78 is 54.7. The van der Waals surface area contributed by atoms with E-state index in [-0.39, 0.29) is 37.1 Å². The van der Waals surface area contributed by atoms with Crippen LogP contribution >= 0.6 is 0 Å². The zero-order valence-corrected chi connectivity index (χ0v) is 14.7. The number of para-hydroxylation sites is 1. The number of aliphatic imine (C=N–C) groups is 1. The topological polar surface area (TPSA) is 69.2 Å². The number of nitrogens with zero attached hydrogens (tertiary/aromatic N) is 1. The van der Waals surface area contributed by atoms with Crippen LogP contribution in [-0.4, -0.2) is 25.3 Å². The van der Waals surface area contributed by atoms with Crippen molar-refractivity contribution < 1.29 is 32.2 Å². The molecular weight excluding hydrogens is 377 g/mol. The van der Waals surface area contributed by atoms with E-state index in [4.69, 9.17) is 14.2 Å². The van der Waals surface area contributed by atoms with Crippen LogP contribution in [0, 0.1) is 0 Å². The lowest BCUT2D eigenvalue weighted by Gasteiger charge is -2.20. The average Bonchev–Trinajstić information content (AvgIpc) is 2.67. The first-order valence-electron chi connectivity index (χ1n) is 8.39. The maximum Gasteiger partial charge on any atom is 0.418 e. The number of nitrogens with one attached hydrogen (secondary N) is 1. The van der Waals surface area contributed by atoms with Crippen molar-refractivity contribution in [3.63, 3.8) is 0 Å². The molecule has 1 N–H and O–H groups in total. The van der Waals surface area contributed by atoms with E-state index in [0.29, 0.717) is 6.61 Å². The lowest BCUT2D eigenvalue weighted by atomic mass is 10.1. The zero-order chi connectivity index (χ0) is 20.0. The fraction of sp³-hybridized carbons (Fsp3) is 0.263. The largest absolute Gasteiger partial charge is 0.460 e. The lowest BCUT2D eigenvalue weighted by Crippen LogP contribution is -2.34. The summed E-state index contributed by atoms with van der Waals surface area (Å²) in [6.45, 7) is 0.365. The van der Waals surface area contributed by atoms with Gasteiger partial charge < -0.3 is 14.2 Å². The number of alkyl halides is 3. The van der Waals surface area contributed by atoms with E-state index in [1.807, 2.05) is 30.3 Å². The summed E-state index contributed by atoms with van der Waals surface area (Å²) in [7, 11) is 0. The number of benzene rings is 2. The third-order valence-corrected chi connectivity index (χ3v) is 3.78. The molecule has 0 atom stereocenters. The number of amides is 1. The van der Waals surface area contributed by atoms with Gasteiger partial charge in [0.15, 0.2) is 0 Å². The monoisotopic (exact) mass is 394 g/mol. The van der Waals surface area contributed by atoms with E-state index in [1.54, 1.807) is 0 Å². The normalized spacial score (nSPS) is 13.2. The Morgan fingerprint density at radius 2 is 1.89 bits per heavy atom. The third-order valence-electron chi connectivity index (χ3n) is 3.78. The lowest BCUT2D eigenvalue weighted by molar-refractivity contribution is -0.137. The Balaban J connectivity index is 1.49. The molecule has 0 bridgehead atoms. The molecule has 0 saturated carbocycles. The molecule has 0 fully saturated rings. The molecule has 1 amide bonds. The second kappa shape index (κ2) is 8.75. The van der Waals surface area contributed by atoms with Crippen molar-refractivity contribution >= 4 is 17.8 Å². The predicted octanol–water partition coefficient (Wildman–Crippen LogP) is 4.17. The van der Waals surface area contributed by atoms with Crippen LogP contribution in [0.5, 0.6) is 0 Å². The molecule has 0 unspecified atom stereocenters. The Kier molecular flexibility index (Phi) is 6.15. The quantitative estimate of drug-likeness (QED) is 0.773. The molecule has 0 spiro atoms. The molecule has 3 rings (SSSR count). The van der Waals surface area contributed by atoms with Gasteiger partial charge in [-0.1, -0.05) is 42.5 Å². The van der Waals surface area contributed by atoms with Gasteiger partial charge in [-0.3, -0.25) is 0 Å². The second-order valence-electron chi connectivity index (χ2n) is 5.82. The number of halogens is 3. The molecular formula is C19H17F3N2O4. The van der Waals surface area contributed by atoms with Gasteiger partial charge >= 0.3 is 12.3 Å². The van der Waals surface area contributed by atoms with Crippen molar-refractivity contribution in [3.05, 3.63) is 65.2 Å². The van der Waals surface area contributed by atoms with Crippen LogP contribution in [0.3, 0.4) is 0 Å². The average molecular weight is 394 g/mol. The maximum atomic E-state index is 13.1. The molecule has 1 heterocycles. The zero-order valence-electron chi connectivity index (χ0n) is 14.7. The fourth-order valence-electron chi connectivity index (χ4n) is 2.49. The number of alkyl carbamates (subject to hydrolysis) is 1. The molecule has 6 nitrogen and oxygen atoms in total. The Hall–Kier alpha value is -3.07. The summed E-state index contributed by atoms with van der Waals surface area (Å²) >= 11 is 0. The predicted molar refractivity (Wildman–Crippen MR) is 93.9 cm³/mol. The summed E-state index contributed by atoms with van der Waals surface area (Å²) in [5, 5.41) is 2.19.